The molecule has 1 aliphatic heterocycles. The highest BCUT2D eigenvalue weighted by atomic mass is 35.5. The molecule has 0 aromatic carbocycles. The second kappa shape index (κ2) is 9.08. The fourth-order valence-electron chi connectivity index (χ4n) is 3.13. The van der Waals surface area contributed by atoms with Crippen molar-refractivity contribution in [2.75, 3.05) is 6.61 Å². The number of hydrogen-bond donors (Lipinski definition) is 0. The fraction of sp³-hybridized carbons (Fsp3) is 0.500. The number of halogens is 2. The van der Waals surface area contributed by atoms with Crippen LogP contribution in [0.15, 0.2) is 24.4 Å². The molecule has 4 rings (SSSR count). The minimum atomic E-state index is -1.06. The number of pyridine rings is 2. The van der Waals surface area contributed by atoms with Gasteiger partial charge in [0.25, 0.3) is 5.91 Å². The van der Waals surface area contributed by atoms with Gasteiger partial charge >= 0.3 is 0 Å². The van der Waals surface area contributed by atoms with Gasteiger partial charge in [-0.15, -0.1) is 0 Å². The standard InChI is InChI=1S/C18H19ClFN3O2.C4H8/c1-10(20)9-25-16-5-4-13(11(2)22-16)12(3)23-8-15-14(18(23)24)6-7-21-17(15)19;1-4-2-3-4/h4-7,10,12H,8-9H2,1-3H3;4H,2-3H2,1H3. The van der Waals surface area contributed by atoms with E-state index in [9.17, 15) is 9.18 Å². The molecule has 2 aromatic rings. The summed E-state index contributed by atoms with van der Waals surface area (Å²) in [7, 11) is 0. The van der Waals surface area contributed by atoms with Gasteiger partial charge in [0.1, 0.15) is 17.9 Å². The van der Waals surface area contributed by atoms with Gasteiger partial charge < -0.3 is 9.64 Å². The molecule has 0 N–H and O–H groups in total. The molecule has 1 fully saturated rings. The molecule has 2 aromatic heterocycles. The van der Waals surface area contributed by atoms with Gasteiger partial charge in [0.15, 0.2) is 0 Å². The number of fused-ring (bicyclic) bond motifs is 1. The molecule has 0 spiro atoms. The summed E-state index contributed by atoms with van der Waals surface area (Å²) in [6, 6.07) is 5.07. The predicted octanol–water partition coefficient (Wildman–Crippen LogP) is 5.31. The average molecular weight is 420 g/mol. The number of ether oxygens (including phenoxy) is 1. The molecule has 0 saturated heterocycles. The molecule has 156 valence electrons. The molecular formula is C22H27ClFN3O2. The lowest BCUT2D eigenvalue weighted by molar-refractivity contribution is 0.0715. The maximum absolute atomic E-state index is 12.9. The van der Waals surface area contributed by atoms with Crippen molar-refractivity contribution in [2.45, 2.75) is 59.3 Å². The van der Waals surface area contributed by atoms with Crippen LogP contribution in [-0.4, -0.2) is 33.6 Å². The Balaban J connectivity index is 0.000000536. The Kier molecular flexibility index (Phi) is 6.73. The second-order valence-corrected chi connectivity index (χ2v) is 8.19. The molecule has 7 heteroatoms. The van der Waals surface area contributed by atoms with Gasteiger partial charge in [0, 0.05) is 29.1 Å². The highest BCUT2D eigenvalue weighted by molar-refractivity contribution is 6.30. The van der Waals surface area contributed by atoms with Crippen molar-refractivity contribution < 1.29 is 13.9 Å². The van der Waals surface area contributed by atoms with E-state index in [1.165, 1.54) is 26.0 Å². The molecule has 2 unspecified atom stereocenters. The molecule has 29 heavy (non-hydrogen) atoms. The minimum Gasteiger partial charge on any atom is -0.475 e. The van der Waals surface area contributed by atoms with Crippen LogP contribution in [0, 0.1) is 12.8 Å². The highest BCUT2D eigenvalue weighted by Crippen LogP contribution is 2.34. The van der Waals surface area contributed by atoms with E-state index in [-0.39, 0.29) is 18.6 Å². The molecule has 3 heterocycles. The summed E-state index contributed by atoms with van der Waals surface area (Å²) >= 11 is 6.11. The largest absolute Gasteiger partial charge is 0.475 e. The average Bonchev–Trinajstić information content (AvgIpc) is 3.39. The first kappa shape index (κ1) is 21.5. The Labute approximate surface area is 176 Å². The normalized spacial score (nSPS) is 17.3. The third-order valence-corrected chi connectivity index (χ3v) is 5.49. The number of amides is 1. The van der Waals surface area contributed by atoms with Crippen LogP contribution in [0.5, 0.6) is 5.88 Å². The molecule has 2 aliphatic rings. The van der Waals surface area contributed by atoms with Crippen LogP contribution in [0.4, 0.5) is 4.39 Å². The first-order valence-electron chi connectivity index (χ1n) is 9.96. The van der Waals surface area contributed by atoms with E-state index in [1.54, 1.807) is 17.0 Å². The summed E-state index contributed by atoms with van der Waals surface area (Å²) in [5.41, 5.74) is 2.99. The van der Waals surface area contributed by atoms with Crippen molar-refractivity contribution in [3.63, 3.8) is 0 Å². The maximum atomic E-state index is 12.9. The van der Waals surface area contributed by atoms with Crippen LogP contribution in [0.25, 0.3) is 0 Å². The summed E-state index contributed by atoms with van der Waals surface area (Å²) in [5, 5.41) is 0.361. The first-order chi connectivity index (χ1) is 13.8. The van der Waals surface area contributed by atoms with E-state index < -0.39 is 6.17 Å². The summed E-state index contributed by atoms with van der Waals surface area (Å²) < 4.78 is 18.2. The van der Waals surface area contributed by atoms with E-state index in [1.807, 2.05) is 19.9 Å². The van der Waals surface area contributed by atoms with Gasteiger partial charge in [0.2, 0.25) is 5.88 Å². The van der Waals surface area contributed by atoms with E-state index in [0.29, 0.717) is 23.1 Å². The van der Waals surface area contributed by atoms with E-state index in [0.717, 1.165) is 22.7 Å². The third kappa shape index (κ3) is 5.24. The van der Waals surface area contributed by atoms with Crippen LogP contribution in [0.2, 0.25) is 5.15 Å². The first-order valence-corrected chi connectivity index (χ1v) is 10.3. The van der Waals surface area contributed by atoms with Gasteiger partial charge in [-0.1, -0.05) is 31.4 Å². The third-order valence-electron chi connectivity index (χ3n) is 5.17. The van der Waals surface area contributed by atoms with Crippen molar-refractivity contribution >= 4 is 17.5 Å². The fourth-order valence-corrected chi connectivity index (χ4v) is 3.35. The quantitative estimate of drug-likeness (QED) is 0.616. The Morgan fingerprint density at radius 3 is 2.55 bits per heavy atom. The van der Waals surface area contributed by atoms with Gasteiger partial charge in [0.05, 0.1) is 12.6 Å². The molecule has 2 atom stereocenters. The lowest BCUT2D eigenvalue weighted by Crippen LogP contribution is -2.28. The zero-order valence-electron chi connectivity index (χ0n) is 17.3. The van der Waals surface area contributed by atoms with Crippen molar-refractivity contribution in [1.82, 2.24) is 14.9 Å². The summed E-state index contributed by atoms with van der Waals surface area (Å²) in [6.45, 7) is 7.88. The summed E-state index contributed by atoms with van der Waals surface area (Å²) in [6.07, 6.45) is 3.46. The van der Waals surface area contributed by atoms with Crippen molar-refractivity contribution in [1.29, 1.82) is 0 Å². The van der Waals surface area contributed by atoms with Crippen LogP contribution in [0.3, 0.4) is 0 Å². The Bertz CT molecular complexity index is 886. The number of aryl methyl sites for hydroxylation is 1. The number of rotatable bonds is 5. The maximum Gasteiger partial charge on any atom is 0.255 e. The Morgan fingerprint density at radius 1 is 1.31 bits per heavy atom. The van der Waals surface area contributed by atoms with Crippen LogP contribution in [-0.2, 0) is 6.54 Å². The van der Waals surface area contributed by atoms with E-state index in [2.05, 4.69) is 16.9 Å². The van der Waals surface area contributed by atoms with Crippen LogP contribution < -0.4 is 4.74 Å². The van der Waals surface area contributed by atoms with Crippen LogP contribution >= 0.6 is 11.6 Å². The number of carbonyl (C=O) groups is 1. The topological polar surface area (TPSA) is 55.3 Å². The Hall–Kier alpha value is -2.21. The number of nitrogens with zero attached hydrogens (tertiary/aromatic N) is 3. The molecule has 1 amide bonds. The van der Waals surface area contributed by atoms with Gasteiger partial charge in [-0.2, -0.15) is 0 Å². The van der Waals surface area contributed by atoms with Crippen molar-refractivity contribution in [3.05, 3.63) is 51.9 Å². The molecule has 1 aliphatic carbocycles. The zero-order chi connectivity index (χ0) is 21.1. The molecule has 5 nitrogen and oxygen atoms in total. The highest BCUT2D eigenvalue weighted by Gasteiger charge is 2.33. The number of hydrogen-bond acceptors (Lipinski definition) is 4. The van der Waals surface area contributed by atoms with Gasteiger partial charge in [-0.05, 0) is 44.4 Å². The number of alkyl halides is 1. The molecule has 0 bridgehead atoms. The zero-order valence-corrected chi connectivity index (χ0v) is 18.0. The Morgan fingerprint density at radius 2 is 2.00 bits per heavy atom. The lowest BCUT2D eigenvalue weighted by atomic mass is 10.1. The van der Waals surface area contributed by atoms with Crippen molar-refractivity contribution in [3.8, 4) is 5.88 Å². The van der Waals surface area contributed by atoms with Crippen LogP contribution in [0.1, 0.15) is 66.8 Å². The van der Waals surface area contributed by atoms with Gasteiger partial charge in [-0.25, -0.2) is 14.4 Å². The summed E-state index contributed by atoms with van der Waals surface area (Å²) in [4.78, 5) is 22.8. The molecular weight excluding hydrogens is 393 g/mol. The van der Waals surface area contributed by atoms with E-state index in [4.69, 9.17) is 16.3 Å². The van der Waals surface area contributed by atoms with Crippen molar-refractivity contribution in [2.24, 2.45) is 5.92 Å². The monoisotopic (exact) mass is 419 g/mol. The minimum absolute atomic E-state index is 0.0350. The number of aromatic nitrogens is 2. The molecule has 1 saturated carbocycles. The summed E-state index contributed by atoms with van der Waals surface area (Å²) in [5.74, 6) is 1.39. The lowest BCUT2D eigenvalue weighted by Gasteiger charge is -2.25. The molecule has 0 radical (unpaired) electrons. The van der Waals surface area contributed by atoms with E-state index >= 15 is 0 Å². The smallest absolute Gasteiger partial charge is 0.255 e. The number of carbonyl (C=O) groups excluding carboxylic acids is 1. The second-order valence-electron chi connectivity index (χ2n) is 7.84. The predicted molar refractivity (Wildman–Crippen MR) is 111 cm³/mol. The van der Waals surface area contributed by atoms with Gasteiger partial charge in [-0.3, -0.25) is 4.79 Å². The SMILES string of the molecule is CC1CC1.Cc1nc(OCC(C)F)ccc1C(C)N1Cc2c(ccnc2Cl)C1=O.